The fourth-order valence-electron chi connectivity index (χ4n) is 2.32. The lowest BCUT2D eigenvalue weighted by molar-refractivity contribution is 0.311. The van der Waals surface area contributed by atoms with Crippen molar-refractivity contribution in [2.75, 3.05) is 18.5 Å². The second kappa shape index (κ2) is 7.79. The third kappa shape index (κ3) is 3.79. The Hall–Kier alpha value is -2.89. The molecule has 3 rings (SSSR count). The second-order valence-corrected chi connectivity index (χ2v) is 5.71. The number of rotatable bonds is 5. The highest BCUT2D eigenvalue weighted by Gasteiger charge is 2.24. The van der Waals surface area contributed by atoms with Gasteiger partial charge in [-0.2, -0.15) is 5.26 Å². The molecular formula is C17H16N6OS. The lowest BCUT2D eigenvalue weighted by atomic mass is 10.1. The van der Waals surface area contributed by atoms with Gasteiger partial charge in [0.1, 0.15) is 17.3 Å². The van der Waals surface area contributed by atoms with Crippen LogP contribution in [0.1, 0.15) is 11.1 Å². The fourth-order valence-corrected chi connectivity index (χ4v) is 2.63. The van der Waals surface area contributed by atoms with E-state index in [0.717, 1.165) is 5.56 Å². The summed E-state index contributed by atoms with van der Waals surface area (Å²) >= 11 is 4.47. The van der Waals surface area contributed by atoms with Crippen LogP contribution in [0.25, 0.3) is 5.70 Å². The maximum absolute atomic E-state index is 9.45. The molecule has 0 fully saturated rings. The molecule has 7 nitrogen and oxygen atoms in total. The monoisotopic (exact) mass is 352 g/mol. The van der Waals surface area contributed by atoms with Crippen molar-refractivity contribution >= 4 is 30.1 Å². The van der Waals surface area contributed by atoms with E-state index in [9.17, 15) is 5.26 Å². The third-order valence-electron chi connectivity index (χ3n) is 3.51. The Labute approximate surface area is 150 Å². The number of aliphatic hydroxyl groups is 1. The van der Waals surface area contributed by atoms with Crippen molar-refractivity contribution < 1.29 is 5.11 Å². The average molecular weight is 352 g/mol. The Bertz CT molecular complexity index is 842. The van der Waals surface area contributed by atoms with E-state index in [1.54, 1.807) is 12.4 Å². The molecule has 0 saturated carbocycles. The van der Waals surface area contributed by atoms with Crippen molar-refractivity contribution in [3.63, 3.8) is 0 Å². The highest BCUT2D eigenvalue weighted by atomic mass is 32.1. The van der Waals surface area contributed by atoms with Crippen molar-refractivity contribution in [3.05, 3.63) is 59.4 Å². The molecule has 1 aliphatic heterocycles. The quantitative estimate of drug-likeness (QED) is 0.607. The molecule has 1 unspecified atom stereocenters. The number of amidine groups is 1. The number of nitriles is 1. The molecule has 0 aliphatic carbocycles. The van der Waals surface area contributed by atoms with Crippen molar-refractivity contribution in [3.8, 4) is 6.07 Å². The van der Waals surface area contributed by atoms with E-state index < -0.39 is 5.37 Å². The molecule has 25 heavy (non-hydrogen) atoms. The standard InChI is InChI=1S/C17H16N6OS/c18-8-13-14(11-4-2-1-3-5-11)22-15(23-16(13)25)12-9-20-17(21-10-12)19-6-7-24/h1-5,9-10,16,24-25H,6-7H2,(H,22,23)(H,19,20,21). The molecule has 1 aromatic carbocycles. The number of hydrogen-bond donors (Lipinski definition) is 4. The minimum absolute atomic E-state index is 0.00285. The molecule has 0 spiro atoms. The molecule has 2 aromatic rings. The van der Waals surface area contributed by atoms with E-state index in [2.05, 4.69) is 44.3 Å². The first-order valence-electron chi connectivity index (χ1n) is 7.63. The fraction of sp³-hybridized carbons (Fsp3) is 0.176. The predicted molar refractivity (Wildman–Crippen MR) is 99.0 cm³/mol. The number of hydrogen-bond acceptors (Lipinski definition) is 8. The van der Waals surface area contributed by atoms with Gasteiger partial charge in [0.05, 0.1) is 23.4 Å². The summed E-state index contributed by atoms with van der Waals surface area (Å²) in [6, 6.07) is 11.7. The number of aliphatic imine (C=N–C) groups is 1. The van der Waals surface area contributed by atoms with Crippen LogP contribution in [0.5, 0.6) is 0 Å². The molecule has 1 aliphatic rings. The number of thiol groups is 1. The van der Waals surface area contributed by atoms with Crippen molar-refractivity contribution in [1.29, 1.82) is 5.26 Å². The molecule has 3 N–H and O–H groups in total. The SMILES string of the molecule is N#CC1=C(c2ccccc2)N=C(c2cnc(NCCO)nc2)NC1S. The topological polar surface area (TPSA) is 106 Å². The Balaban J connectivity index is 1.96. The Morgan fingerprint density at radius 3 is 2.56 bits per heavy atom. The highest BCUT2D eigenvalue weighted by Crippen LogP contribution is 2.27. The molecule has 0 amide bonds. The van der Waals surface area contributed by atoms with Gasteiger partial charge in [-0.05, 0) is 0 Å². The van der Waals surface area contributed by atoms with Gasteiger partial charge in [-0.25, -0.2) is 15.0 Å². The van der Waals surface area contributed by atoms with Crippen molar-refractivity contribution in [2.24, 2.45) is 4.99 Å². The van der Waals surface area contributed by atoms with Gasteiger partial charge in [0.25, 0.3) is 0 Å². The van der Waals surface area contributed by atoms with E-state index in [0.29, 0.717) is 35.2 Å². The number of nitrogens with one attached hydrogen (secondary N) is 2. The zero-order valence-corrected chi connectivity index (χ0v) is 14.1. The summed E-state index contributed by atoms with van der Waals surface area (Å²) in [7, 11) is 0. The van der Waals surface area contributed by atoms with Crippen LogP contribution in [0.4, 0.5) is 5.95 Å². The summed E-state index contributed by atoms with van der Waals surface area (Å²) in [5.41, 5.74) is 2.57. The molecular weight excluding hydrogens is 336 g/mol. The van der Waals surface area contributed by atoms with Gasteiger partial charge in [0, 0.05) is 24.5 Å². The summed E-state index contributed by atoms with van der Waals surface area (Å²) in [6.45, 7) is 0.382. The largest absolute Gasteiger partial charge is 0.395 e. The summed E-state index contributed by atoms with van der Waals surface area (Å²) in [4.78, 5) is 13.0. The van der Waals surface area contributed by atoms with E-state index in [-0.39, 0.29) is 6.61 Å². The van der Waals surface area contributed by atoms with Crippen LogP contribution in [0.15, 0.2) is 53.3 Å². The van der Waals surface area contributed by atoms with Crippen LogP contribution in [-0.2, 0) is 0 Å². The molecule has 0 radical (unpaired) electrons. The predicted octanol–water partition coefficient (Wildman–Crippen LogP) is 1.42. The van der Waals surface area contributed by atoms with Crippen LogP contribution >= 0.6 is 12.6 Å². The van der Waals surface area contributed by atoms with Crippen molar-refractivity contribution in [2.45, 2.75) is 5.37 Å². The first kappa shape index (κ1) is 17.0. The summed E-state index contributed by atoms with van der Waals surface area (Å²) in [5.74, 6) is 0.972. The summed E-state index contributed by atoms with van der Waals surface area (Å²) in [6.07, 6.45) is 3.25. The van der Waals surface area contributed by atoms with Crippen LogP contribution in [0, 0.1) is 11.3 Å². The van der Waals surface area contributed by atoms with Crippen LogP contribution in [0.3, 0.4) is 0 Å². The van der Waals surface area contributed by atoms with E-state index in [1.165, 1.54) is 0 Å². The molecule has 126 valence electrons. The smallest absolute Gasteiger partial charge is 0.222 e. The molecule has 0 saturated heterocycles. The first-order chi connectivity index (χ1) is 12.2. The zero-order chi connectivity index (χ0) is 17.6. The van der Waals surface area contributed by atoms with E-state index >= 15 is 0 Å². The van der Waals surface area contributed by atoms with Crippen LogP contribution in [-0.4, -0.2) is 39.4 Å². The maximum Gasteiger partial charge on any atom is 0.222 e. The minimum atomic E-state index is -0.472. The Morgan fingerprint density at radius 1 is 1.20 bits per heavy atom. The normalized spacial score (nSPS) is 16.7. The number of anilines is 1. The molecule has 8 heteroatoms. The third-order valence-corrected chi connectivity index (χ3v) is 3.90. The number of benzene rings is 1. The summed E-state index contributed by atoms with van der Waals surface area (Å²) < 4.78 is 0. The Morgan fingerprint density at radius 2 is 1.92 bits per heavy atom. The van der Waals surface area contributed by atoms with Gasteiger partial charge in [-0.1, -0.05) is 30.3 Å². The molecule has 1 atom stereocenters. The number of nitrogens with zero attached hydrogens (tertiary/aromatic N) is 4. The molecule has 2 heterocycles. The first-order valence-corrected chi connectivity index (χ1v) is 8.14. The lowest BCUT2D eigenvalue weighted by Crippen LogP contribution is -2.36. The van der Waals surface area contributed by atoms with Crippen molar-refractivity contribution in [1.82, 2.24) is 15.3 Å². The second-order valence-electron chi connectivity index (χ2n) is 5.19. The van der Waals surface area contributed by atoms with Gasteiger partial charge >= 0.3 is 0 Å². The molecule has 0 bridgehead atoms. The summed E-state index contributed by atoms with van der Waals surface area (Å²) in [5, 5.41) is 23.8. The maximum atomic E-state index is 9.45. The van der Waals surface area contributed by atoms with Crippen LogP contribution < -0.4 is 10.6 Å². The van der Waals surface area contributed by atoms with Gasteiger partial charge in [-0.15, -0.1) is 12.6 Å². The number of aromatic nitrogens is 2. The highest BCUT2D eigenvalue weighted by molar-refractivity contribution is 7.81. The van der Waals surface area contributed by atoms with E-state index in [1.807, 2.05) is 30.3 Å². The molecule has 1 aromatic heterocycles. The van der Waals surface area contributed by atoms with E-state index in [4.69, 9.17) is 5.11 Å². The van der Waals surface area contributed by atoms with Gasteiger partial charge in [0.2, 0.25) is 5.95 Å². The lowest BCUT2D eigenvalue weighted by Gasteiger charge is -2.23. The number of aliphatic hydroxyl groups excluding tert-OH is 1. The Kier molecular flexibility index (Phi) is 5.28. The zero-order valence-electron chi connectivity index (χ0n) is 13.2. The van der Waals surface area contributed by atoms with Gasteiger partial charge in [-0.3, -0.25) is 0 Å². The average Bonchev–Trinajstić information content (AvgIpc) is 2.67. The van der Waals surface area contributed by atoms with Gasteiger partial charge < -0.3 is 15.7 Å². The minimum Gasteiger partial charge on any atom is -0.395 e. The van der Waals surface area contributed by atoms with Crippen LogP contribution in [0.2, 0.25) is 0 Å². The van der Waals surface area contributed by atoms with Gasteiger partial charge in [0.15, 0.2) is 0 Å².